The molecule has 5 heteroatoms. The highest BCUT2D eigenvalue weighted by Crippen LogP contribution is 1.81. The summed E-state index contributed by atoms with van der Waals surface area (Å²) in [5.41, 5.74) is 5.25. The van der Waals surface area contributed by atoms with Crippen LogP contribution in [0.5, 0.6) is 0 Å². The van der Waals surface area contributed by atoms with Gasteiger partial charge in [0.05, 0.1) is 46.2 Å². The van der Waals surface area contributed by atoms with Crippen molar-refractivity contribution in [3.8, 4) is 0 Å². The standard InChI is InChI=1S/C10H23NO4.C2H6/c1-2-12-5-6-14-9-10-15-8-7-13-4-3-11;1-2/h2-11H2,1H3;1-2H3. The molecule has 0 rings (SSSR count). The third kappa shape index (κ3) is 21.6. The Balaban J connectivity index is 0. The second-order valence-electron chi connectivity index (χ2n) is 2.82. The molecule has 0 spiro atoms. The second-order valence-corrected chi connectivity index (χ2v) is 2.82. The van der Waals surface area contributed by atoms with Gasteiger partial charge in [-0.15, -0.1) is 0 Å². The van der Waals surface area contributed by atoms with Crippen LogP contribution in [-0.4, -0.2) is 59.4 Å². The third-order valence-corrected chi connectivity index (χ3v) is 1.58. The number of hydrogen-bond donors (Lipinski definition) is 1. The SMILES string of the molecule is CC.CCOCCOCCOCCOCCN. The zero-order valence-corrected chi connectivity index (χ0v) is 11.6. The minimum absolute atomic E-state index is 0.556. The molecule has 5 nitrogen and oxygen atoms in total. The van der Waals surface area contributed by atoms with Gasteiger partial charge in [-0.25, -0.2) is 0 Å². The first-order chi connectivity index (χ1) is 8.41. The van der Waals surface area contributed by atoms with E-state index < -0.39 is 0 Å². The molecule has 0 bridgehead atoms. The van der Waals surface area contributed by atoms with E-state index in [0.29, 0.717) is 52.8 Å². The third-order valence-electron chi connectivity index (χ3n) is 1.58. The summed E-state index contributed by atoms with van der Waals surface area (Å²) in [7, 11) is 0. The van der Waals surface area contributed by atoms with Gasteiger partial charge in [0.2, 0.25) is 0 Å². The molecule has 17 heavy (non-hydrogen) atoms. The van der Waals surface area contributed by atoms with Crippen LogP contribution < -0.4 is 5.73 Å². The summed E-state index contributed by atoms with van der Waals surface area (Å²) in [4.78, 5) is 0. The van der Waals surface area contributed by atoms with Gasteiger partial charge in [-0.2, -0.15) is 0 Å². The molecule has 106 valence electrons. The Morgan fingerprint density at radius 2 is 1.00 bits per heavy atom. The van der Waals surface area contributed by atoms with Gasteiger partial charge in [0, 0.05) is 13.2 Å². The van der Waals surface area contributed by atoms with Crippen LogP contribution in [0.1, 0.15) is 20.8 Å². The topological polar surface area (TPSA) is 62.9 Å². The molecular formula is C12H29NO4. The van der Waals surface area contributed by atoms with Crippen molar-refractivity contribution in [2.75, 3.05) is 59.4 Å². The predicted molar refractivity (Wildman–Crippen MR) is 69.4 cm³/mol. The molecule has 0 aliphatic rings. The average molecular weight is 251 g/mol. The summed E-state index contributed by atoms with van der Waals surface area (Å²) in [6.07, 6.45) is 0. The van der Waals surface area contributed by atoms with Gasteiger partial charge in [-0.1, -0.05) is 13.8 Å². The molecule has 0 atom stereocenters. The highest BCUT2D eigenvalue weighted by molar-refractivity contribution is 4.35. The molecule has 0 amide bonds. The van der Waals surface area contributed by atoms with Gasteiger partial charge in [0.15, 0.2) is 0 Å². The largest absolute Gasteiger partial charge is 0.379 e. The zero-order chi connectivity index (χ0) is 13.2. The van der Waals surface area contributed by atoms with Gasteiger partial charge in [0.25, 0.3) is 0 Å². The van der Waals surface area contributed by atoms with E-state index in [-0.39, 0.29) is 0 Å². The van der Waals surface area contributed by atoms with Gasteiger partial charge >= 0.3 is 0 Å². The van der Waals surface area contributed by atoms with Crippen LogP contribution in [0.2, 0.25) is 0 Å². The summed E-state index contributed by atoms with van der Waals surface area (Å²) in [6.45, 7) is 11.5. The summed E-state index contributed by atoms with van der Waals surface area (Å²) in [6, 6.07) is 0. The molecule has 0 saturated carbocycles. The van der Waals surface area contributed by atoms with E-state index in [9.17, 15) is 0 Å². The van der Waals surface area contributed by atoms with Crippen molar-refractivity contribution in [3.63, 3.8) is 0 Å². The van der Waals surface area contributed by atoms with Gasteiger partial charge in [-0.3, -0.25) is 0 Å². The van der Waals surface area contributed by atoms with Crippen molar-refractivity contribution in [3.05, 3.63) is 0 Å². The first-order valence-corrected chi connectivity index (χ1v) is 6.42. The molecule has 2 N–H and O–H groups in total. The number of rotatable bonds is 12. The van der Waals surface area contributed by atoms with Crippen LogP contribution in [0.4, 0.5) is 0 Å². The fraction of sp³-hybridized carbons (Fsp3) is 1.00. The van der Waals surface area contributed by atoms with Crippen LogP contribution >= 0.6 is 0 Å². The lowest BCUT2D eigenvalue weighted by Gasteiger charge is -2.06. The van der Waals surface area contributed by atoms with Crippen LogP contribution in [0.25, 0.3) is 0 Å². The van der Waals surface area contributed by atoms with Gasteiger partial charge in [0.1, 0.15) is 0 Å². The van der Waals surface area contributed by atoms with E-state index in [1.807, 2.05) is 20.8 Å². The molecule has 0 radical (unpaired) electrons. The Morgan fingerprint density at radius 3 is 1.35 bits per heavy atom. The molecule has 0 aromatic carbocycles. The van der Waals surface area contributed by atoms with E-state index in [4.69, 9.17) is 24.7 Å². The molecule has 0 aliphatic heterocycles. The number of nitrogens with two attached hydrogens (primary N) is 1. The summed E-state index contributed by atoms with van der Waals surface area (Å²) < 4.78 is 20.7. The van der Waals surface area contributed by atoms with E-state index in [1.54, 1.807) is 0 Å². The Bertz CT molecular complexity index is 103. The highest BCUT2D eigenvalue weighted by Gasteiger charge is 1.90. The summed E-state index contributed by atoms with van der Waals surface area (Å²) >= 11 is 0. The van der Waals surface area contributed by atoms with Crippen molar-refractivity contribution >= 4 is 0 Å². The zero-order valence-electron chi connectivity index (χ0n) is 11.6. The number of hydrogen-bond acceptors (Lipinski definition) is 5. The quantitative estimate of drug-likeness (QED) is 0.525. The first-order valence-electron chi connectivity index (χ1n) is 6.42. The molecule has 0 saturated heterocycles. The van der Waals surface area contributed by atoms with Crippen molar-refractivity contribution in [1.82, 2.24) is 0 Å². The molecule has 0 aromatic rings. The Kier molecular flexibility index (Phi) is 23.8. The monoisotopic (exact) mass is 251 g/mol. The van der Waals surface area contributed by atoms with Crippen LogP contribution in [0.15, 0.2) is 0 Å². The van der Waals surface area contributed by atoms with Gasteiger partial charge < -0.3 is 24.7 Å². The highest BCUT2D eigenvalue weighted by atomic mass is 16.6. The first kappa shape index (κ1) is 19.1. The Morgan fingerprint density at radius 1 is 0.647 bits per heavy atom. The van der Waals surface area contributed by atoms with Gasteiger partial charge in [-0.05, 0) is 6.92 Å². The van der Waals surface area contributed by atoms with E-state index >= 15 is 0 Å². The Labute approximate surface area is 106 Å². The molecule has 0 fully saturated rings. The Hall–Kier alpha value is -0.200. The van der Waals surface area contributed by atoms with Crippen LogP contribution in [0.3, 0.4) is 0 Å². The smallest absolute Gasteiger partial charge is 0.0701 e. The fourth-order valence-electron chi connectivity index (χ4n) is 0.887. The van der Waals surface area contributed by atoms with E-state index in [1.165, 1.54) is 0 Å². The lowest BCUT2D eigenvalue weighted by Crippen LogP contribution is -2.14. The molecule has 0 aromatic heterocycles. The van der Waals surface area contributed by atoms with E-state index in [0.717, 1.165) is 6.61 Å². The predicted octanol–water partition coefficient (Wildman–Crippen LogP) is 1.06. The van der Waals surface area contributed by atoms with Crippen LogP contribution in [-0.2, 0) is 18.9 Å². The fourth-order valence-corrected chi connectivity index (χ4v) is 0.887. The minimum Gasteiger partial charge on any atom is -0.379 e. The molecular weight excluding hydrogens is 222 g/mol. The lowest BCUT2D eigenvalue weighted by molar-refractivity contribution is 0.000383. The number of ether oxygens (including phenoxy) is 4. The van der Waals surface area contributed by atoms with Crippen LogP contribution in [0, 0.1) is 0 Å². The maximum Gasteiger partial charge on any atom is 0.0701 e. The van der Waals surface area contributed by atoms with Crippen molar-refractivity contribution in [1.29, 1.82) is 0 Å². The van der Waals surface area contributed by atoms with Crippen molar-refractivity contribution < 1.29 is 18.9 Å². The normalized spacial score (nSPS) is 9.88. The van der Waals surface area contributed by atoms with Crippen molar-refractivity contribution in [2.45, 2.75) is 20.8 Å². The van der Waals surface area contributed by atoms with Crippen molar-refractivity contribution in [2.24, 2.45) is 5.73 Å². The second kappa shape index (κ2) is 21.1. The minimum atomic E-state index is 0.556. The average Bonchev–Trinajstić information content (AvgIpc) is 2.38. The molecule has 0 heterocycles. The molecule has 0 unspecified atom stereocenters. The molecule has 0 aliphatic carbocycles. The summed E-state index contributed by atoms with van der Waals surface area (Å²) in [5.74, 6) is 0. The maximum absolute atomic E-state index is 5.26. The maximum atomic E-state index is 5.26. The van der Waals surface area contributed by atoms with E-state index in [2.05, 4.69) is 0 Å². The summed E-state index contributed by atoms with van der Waals surface area (Å²) in [5, 5.41) is 0. The lowest BCUT2D eigenvalue weighted by atomic mass is 10.7.